The Morgan fingerprint density at radius 2 is 1.67 bits per heavy atom. The maximum atomic E-state index is 4.63. The van der Waals surface area contributed by atoms with E-state index >= 15 is 0 Å². The summed E-state index contributed by atoms with van der Waals surface area (Å²) in [5.41, 5.74) is 11.2. The van der Waals surface area contributed by atoms with E-state index in [0.29, 0.717) is 0 Å². The highest BCUT2D eigenvalue weighted by molar-refractivity contribution is 7.36. The van der Waals surface area contributed by atoms with Crippen LogP contribution in [0.4, 0.5) is 0 Å². The van der Waals surface area contributed by atoms with Crippen molar-refractivity contribution in [2.45, 2.75) is 0 Å². The molecule has 0 fully saturated rings. The Morgan fingerprint density at radius 1 is 0.750 bits per heavy atom. The van der Waals surface area contributed by atoms with Gasteiger partial charge >= 0.3 is 0 Å². The fourth-order valence-corrected chi connectivity index (χ4v) is 7.95. The van der Waals surface area contributed by atoms with Gasteiger partial charge in [-0.15, -0.1) is 34.0 Å². The first-order chi connectivity index (χ1) is 17.7. The van der Waals surface area contributed by atoms with Crippen LogP contribution in [0.5, 0.6) is 0 Å². The molecule has 7 heteroatoms. The molecule has 0 N–H and O–H groups in total. The molecule has 3 aromatic carbocycles. The summed E-state index contributed by atoms with van der Waals surface area (Å²) in [5, 5.41) is 8.25. The van der Waals surface area contributed by atoms with Crippen molar-refractivity contribution in [2.75, 3.05) is 0 Å². The van der Waals surface area contributed by atoms with Gasteiger partial charge in [0.2, 0.25) is 0 Å². The molecular formula is C29H18N4S3. The number of hydrogen-bond donors (Lipinski definition) is 0. The van der Waals surface area contributed by atoms with Crippen LogP contribution in [0.1, 0.15) is 0 Å². The molecule has 0 atom stereocenters. The summed E-state index contributed by atoms with van der Waals surface area (Å²) >= 11 is 5.26. The van der Waals surface area contributed by atoms with Gasteiger partial charge in [0.05, 0.1) is 34.1 Å². The zero-order valence-corrected chi connectivity index (χ0v) is 21.6. The average molecular weight is 519 g/mol. The van der Waals surface area contributed by atoms with Gasteiger partial charge in [-0.1, -0.05) is 30.3 Å². The molecule has 0 saturated heterocycles. The second-order valence-corrected chi connectivity index (χ2v) is 11.9. The van der Waals surface area contributed by atoms with Crippen LogP contribution in [0.3, 0.4) is 0 Å². The largest absolute Gasteiger partial charge is 0.340 e. The molecule has 0 amide bonds. The Kier molecular flexibility index (Phi) is 4.31. The normalized spacial score (nSPS) is 12.0. The summed E-state index contributed by atoms with van der Waals surface area (Å²) in [7, 11) is 2.01. The van der Waals surface area contributed by atoms with E-state index in [0.717, 1.165) is 16.9 Å². The second kappa shape index (κ2) is 7.61. The van der Waals surface area contributed by atoms with Gasteiger partial charge < -0.3 is 9.13 Å². The predicted molar refractivity (Wildman–Crippen MR) is 155 cm³/mol. The first-order valence-electron chi connectivity index (χ1n) is 11.6. The van der Waals surface area contributed by atoms with E-state index < -0.39 is 0 Å². The molecule has 0 unspecified atom stereocenters. The lowest BCUT2D eigenvalue weighted by molar-refractivity contribution is 0.913. The molecule has 5 aromatic heterocycles. The van der Waals surface area contributed by atoms with Gasteiger partial charge in [0.1, 0.15) is 4.01 Å². The van der Waals surface area contributed by atoms with Crippen molar-refractivity contribution in [3.63, 3.8) is 0 Å². The van der Waals surface area contributed by atoms with Crippen LogP contribution in [-0.4, -0.2) is 19.1 Å². The van der Waals surface area contributed by atoms with Gasteiger partial charge in [0, 0.05) is 61.7 Å². The predicted octanol–water partition coefficient (Wildman–Crippen LogP) is 8.74. The lowest BCUT2D eigenvalue weighted by Crippen LogP contribution is -1.94. The van der Waals surface area contributed by atoms with Crippen molar-refractivity contribution in [2.24, 2.45) is 7.05 Å². The highest BCUT2D eigenvalue weighted by Gasteiger charge is 2.17. The fraction of sp³-hybridized carbons (Fsp3) is 0.0345. The topological polar surface area (TPSA) is 35.6 Å². The van der Waals surface area contributed by atoms with Crippen LogP contribution in [0.25, 0.3) is 69.5 Å². The van der Waals surface area contributed by atoms with Crippen molar-refractivity contribution in [1.29, 1.82) is 0 Å². The maximum Gasteiger partial charge on any atom is 0.107 e. The number of aryl methyl sites for hydroxylation is 1. The molecule has 0 spiro atoms. The van der Waals surface area contributed by atoms with Gasteiger partial charge in [0.15, 0.2) is 0 Å². The molecule has 8 aromatic rings. The Bertz CT molecular complexity index is 2080. The Balaban J connectivity index is 1.42. The maximum absolute atomic E-state index is 4.63. The molecule has 172 valence electrons. The fourth-order valence-electron chi connectivity index (χ4n) is 5.20. The number of fused-ring (bicyclic) bond motifs is 5. The minimum absolute atomic E-state index is 1.01. The third-order valence-corrected chi connectivity index (χ3v) is 9.74. The van der Waals surface area contributed by atoms with Crippen LogP contribution in [0.15, 0.2) is 89.5 Å². The number of rotatable bonds is 3. The van der Waals surface area contributed by atoms with Crippen LogP contribution in [0.2, 0.25) is 0 Å². The van der Waals surface area contributed by atoms with E-state index in [1.165, 1.54) is 52.6 Å². The first-order valence-corrected chi connectivity index (χ1v) is 14.2. The van der Waals surface area contributed by atoms with Crippen LogP contribution >= 0.6 is 34.0 Å². The second-order valence-electron chi connectivity index (χ2n) is 8.98. The van der Waals surface area contributed by atoms with E-state index in [2.05, 4.69) is 92.2 Å². The van der Waals surface area contributed by atoms with Crippen LogP contribution in [0, 0.1) is 0 Å². The van der Waals surface area contributed by atoms with Crippen molar-refractivity contribution in [1.82, 2.24) is 19.1 Å². The van der Waals surface area contributed by atoms with Crippen LogP contribution < -0.4 is 0 Å². The molecule has 36 heavy (non-hydrogen) atoms. The van der Waals surface area contributed by atoms with Crippen molar-refractivity contribution < 1.29 is 0 Å². The molecule has 5 heterocycles. The van der Waals surface area contributed by atoms with E-state index in [9.17, 15) is 0 Å². The van der Waals surface area contributed by atoms with E-state index in [-0.39, 0.29) is 0 Å². The summed E-state index contributed by atoms with van der Waals surface area (Å²) in [5.74, 6) is 0. The summed E-state index contributed by atoms with van der Waals surface area (Å²) in [4.78, 5) is 9.26. The quantitative estimate of drug-likeness (QED) is 0.234. The lowest BCUT2D eigenvalue weighted by atomic mass is 10.1. The third-order valence-electron chi connectivity index (χ3n) is 6.84. The Labute approximate surface area is 218 Å². The van der Waals surface area contributed by atoms with E-state index in [1.807, 2.05) is 23.5 Å². The number of aromatic nitrogens is 4. The molecule has 0 saturated carbocycles. The number of imidazole rings is 1. The molecular weight excluding hydrogens is 501 g/mol. The molecule has 0 aliphatic carbocycles. The summed E-state index contributed by atoms with van der Waals surface area (Å²) in [6.07, 6.45) is 3.95. The smallest absolute Gasteiger partial charge is 0.107 e. The molecule has 4 nitrogen and oxygen atoms in total. The van der Waals surface area contributed by atoms with Gasteiger partial charge in [-0.2, -0.15) is 0 Å². The molecule has 0 aliphatic rings. The number of hydrogen-bond acceptors (Lipinski definition) is 5. The van der Waals surface area contributed by atoms with Crippen LogP contribution in [-0.2, 0) is 7.05 Å². The van der Waals surface area contributed by atoms with Gasteiger partial charge in [-0.3, -0.25) is 0 Å². The van der Waals surface area contributed by atoms with E-state index in [1.54, 1.807) is 34.0 Å². The third kappa shape index (κ3) is 2.91. The van der Waals surface area contributed by atoms with Crippen molar-refractivity contribution >= 4 is 75.4 Å². The van der Waals surface area contributed by atoms with Gasteiger partial charge in [-0.05, 0) is 35.9 Å². The van der Waals surface area contributed by atoms with Gasteiger partial charge in [0.25, 0.3) is 0 Å². The zero-order valence-electron chi connectivity index (χ0n) is 19.2. The Hall–Kier alpha value is -3.78. The molecule has 0 aliphatic heterocycles. The number of thiophene rings is 2. The molecule has 0 bridgehead atoms. The number of nitrogens with zero attached hydrogens (tertiary/aromatic N) is 4. The highest BCUT2D eigenvalue weighted by atomic mass is 32.2. The minimum atomic E-state index is 1.01. The summed E-state index contributed by atoms with van der Waals surface area (Å²) in [6, 6.07) is 22.3. The lowest BCUT2D eigenvalue weighted by Gasteiger charge is -2.10. The summed E-state index contributed by atoms with van der Waals surface area (Å²) in [6.45, 7) is 0. The number of benzene rings is 3. The van der Waals surface area contributed by atoms with Crippen molar-refractivity contribution in [3.05, 3.63) is 89.5 Å². The monoisotopic (exact) mass is 518 g/mol. The zero-order chi connectivity index (χ0) is 23.8. The molecule has 8 rings (SSSR count). The average Bonchev–Trinajstić information content (AvgIpc) is 3.70. The standard InChI is InChI=1S/C29H18N4S3/c1-32-12-24(30-15-32)23-14-34-27-11-20-19-7-2-3-8-25(19)33(26(20)10-21(23)27)18-6-4-5-17(9-18)22-13-35-29-28(22)31-16-36-29/h2-16H,1H3. The SMILES string of the molecule is Cn1cnc(-c2csc3cc4c5ccccc5n(-c5cccc(-c6csc7scnc67)c5)c4cc23)c1. The first kappa shape index (κ1) is 20.4. The summed E-state index contributed by atoms with van der Waals surface area (Å²) < 4.78 is 6.96. The molecule has 0 radical (unpaired) electrons. The van der Waals surface area contributed by atoms with Gasteiger partial charge in [-0.25, -0.2) is 9.97 Å². The van der Waals surface area contributed by atoms with Crippen molar-refractivity contribution in [3.8, 4) is 28.1 Å². The minimum Gasteiger partial charge on any atom is -0.340 e. The number of para-hydroxylation sites is 1. The Morgan fingerprint density at radius 3 is 2.58 bits per heavy atom. The number of thiazole rings is 1. The van der Waals surface area contributed by atoms with E-state index in [4.69, 9.17) is 0 Å². The highest BCUT2D eigenvalue weighted by Crippen LogP contribution is 2.41.